The Bertz CT molecular complexity index is 1310. The molecule has 0 bridgehead atoms. The Morgan fingerprint density at radius 1 is 1.16 bits per heavy atom. The molecule has 1 aromatic carbocycles. The standard InChI is InChI=1S/C22H21N3O4S2/c1-13-4-7-18(31-13)15-11-30-21-20(15)22(27)25(12-24-21)10-19(26)23-9-14-5-6-16(28-2)17(8-14)29-3/h4-8,11-12H,9-10H2,1-3H3,(H,23,26). The molecule has 7 nitrogen and oxygen atoms in total. The highest BCUT2D eigenvalue weighted by molar-refractivity contribution is 7.19. The number of rotatable bonds is 7. The van der Waals surface area contributed by atoms with Gasteiger partial charge in [0.25, 0.3) is 5.56 Å². The molecule has 0 unspecified atom stereocenters. The highest BCUT2D eigenvalue weighted by Crippen LogP contribution is 2.34. The molecule has 1 amide bonds. The molecule has 0 spiro atoms. The highest BCUT2D eigenvalue weighted by Gasteiger charge is 2.16. The van der Waals surface area contributed by atoms with Crippen molar-refractivity contribution in [1.82, 2.24) is 14.9 Å². The number of methoxy groups -OCH3 is 2. The van der Waals surface area contributed by atoms with Crippen LogP contribution in [0, 0.1) is 6.92 Å². The first-order valence-corrected chi connectivity index (χ1v) is 11.2. The Labute approximate surface area is 186 Å². The largest absolute Gasteiger partial charge is 0.493 e. The first-order valence-electron chi connectivity index (χ1n) is 9.51. The van der Waals surface area contributed by atoms with Gasteiger partial charge in [0.15, 0.2) is 11.5 Å². The summed E-state index contributed by atoms with van der Waals surface area (Å²) in [6.45, 7) is 2.23. The Balaban J connectivity index is 1.51. The van der Waals surface area contributed by atoms with Gasteiger partial charge in [0, 0.05) is 27.2 Å². The third-order valence-electron chi connectivity index (χ3n) is 4.82. The average molecular weight is 456 g/mol. The fourth-order valence-corrected chi connectivity index (χ4v) is 5.10. The van der Waals surface area contributed by atoms with E-state index in [0.29, 0.717) is 28.3 Å². The van der Waals surface area contributed by atoms with Gasteiger partial charge in [-0.2, -0.15) is 0 Å². The topological polar surface area (TPSA) is 82.5 Å². The zero-order valence-corrected chi connectivity index (χ0v) is 18.9. The minimum Gasteiger partial charge on any atom is -0.493 e. The lowest BCUT2D eigenvalue weighted by Crippen LogP contribution is -2.32. The molecule has 9 heteroatoms. The molecule has 0 aliphatic heterocycles. The number of carbonyl (C=O) groups excluding carboxylic acids is 1. The van der Waals surface area contributed by atoms with E-state index in [1.165, 1.54) is 27.1 Å². The van der Waals surface area contributed by atoms with Crippen molar-refractivity contribution >= 4 is 38.8 Å². The van der Waals surface area contributed by atoms with Gasteiger partial charge in [0.05, 0.1) is 25.9 Å². The number of thiophene rings is 2. The number of aryl methyl sites for hydroxylation is 1. The van der Waals surface area contributed by atoms with Crippen LogP contribution in [0.1, 0.15) is 10.4 Å². The Kier molecular flexibility index (Phi) is 6.06. The van der Waals surface area contributed by atoms with E-state index in [-0.39, 0.29) is 18.0 Å². The van der Waals surface area contributed by atoms with E-state index in [4.69, 9.17) is 9.47 Å². The lowest BCUT2D eigenvalue weighted by Gasteiger charge is -2.11. The van der Waals surface area contributed by atoms with Gasteiger partial charge in [0.2, 0.25) is 5.91 Å². The maximum Gasteiger partial charge on any atom is 0.263 e. The van der Waals surface area contributed by atoms with Crippen LogP contribution in [0.15, 0.2) is 46.8 Å². The Morgan fingerprint density at radius 3 is 2.68 bits per heavy atom. The third-order valence-corrected chi connectivity index (χ3v) is 6.74. The molecule has 0 aliphatic carbocycles. The summed E-state index contributed by atoms with van der Waals surface area (Å²) in [5.74, 6) is 0.937. The van der Waals surface area contributed by atoms with Crippen LogP contribution in [-0.4, -0.2) is 29.7 Å². The summed E-state index contributed by atoms with van der Waals surface area (Å²) in [5.41, 5.74) is 1.52. The van der Waals surface area contributed by atoms with Crippen LogP contribution in [0.5, 0.6) is 11.5 Å². The predicted molar refractivity (Wildman–Crippen MR) is 123 cm³/mol. The Hall–Kier alpha value is -3.17. The molecule has 0 aliphatic rings. The molecule has 4 aromatic rings. The van der Waals surface area contributed by atoms with Gasteiger partial charge in [0.1, 0.15) is 11.4 Å². The molecular weight excluding hydrogens is 434 g/mol. The Morgan fingerprint density at radius 2 is 1.97 bits per heavy atom. The lowest BCUT2D eigenvalue weighted by atomic mass is 10.2. The van der Waals surface area contributed by atoms with Crippen LogP contribution < -0.4 is 20.3 Å². The van der Waals surface area contributed by atoms with Crippen molar-refractivity contribution in [3.8, 4) is 21.9 Å². The summed E-state index contributed by atoms with van der Waals surface area (Å²) in [7, 11) is 3.13. The van der Waals surface area contributed by atoms with Gasteiger partial charge in [-0.1, -0.05) is 6.07 Å². The van der Waals surface area contributed by atoms with Crippen molar-refractivity contribution in [2.75, 3.05) is 14.2 Å². The van der Waals surface area contributed by atoms with E-state index < -0.39 is 0 Å². The number of fused-ring (bicyclic) bond motifs is 1. The van der Waals surface area contributed by atoms with Gasteiger partial charge in [-0.25, -0.2) is 4.98 Å². The molecule has 160 valence electrons. The number of aromatic nitrogens is 2. The number of nitrogens with zero attached hydrogens (tertiary/aromatic N) is 2. The molecule has 0 radical (unpaired) electrons. The van der Waals surface area contributed by atoms with Crippen molar-refractivity contribution in [3.05, 3.63) is 62.8 Å². The van der Waals surface area contributed by atoms with Crippen LogP contribution in [-0.2, 0) is 17.9 Å². The summed E-state index contributed by atoms with van der Waals surface area (Å²) in [5, 5.41) is 5.34. The number of hydrogen-bond donors (Lipinski definition) is 1. The maximum atomic E-state index is 13.1. The zero-order chi connectivity index (χ0) is 22.0. The van der Waals surface area contributed by atoms with Gasteiger partial charge in [-0.05, 0) is 36.8 Å². The fraction of sp³-hybridized carbons (Fsp3) is 0.227. The summed E-state index contributed by atoms with van der Waals surface area (Å²) in [4.78, 5) is 32.8. The molecule has 0 saturated heterocycles. The molecule has 0 saturated carbocycles. The number of amides is 1. The van der Waals surface area contributed by atoms with Crippen molar-refractivity contribution in [2.24, 2.45) is 0 Å². The van der Waals surface area contributed by atoms with Crippen molar-refractivity contribution < 1.29 is 14.3 Å². The normalized spacial score (nSPS) is 10.9. The number of benzene rings is 1. The quantitative estimate of drug-likeness (QED) is 0.458. The van der Waals surface area contributed by atoms with Crippen molar-refractivity contribution in [3.63, 3.8) is 0 Å². The van der Waals surface area contributed by atoms with Gasteiger partial charge >= 0.3 is 0 Å². The van der Waals surface area contributed by atoms with E-state index >= 15 is 0 Å². The maximum absolute atomic E-state index is 13.1. The van der Waals surface area contributed by atoms with Crippen molar-refractivity contribution in [1.29, 1.82) is 0 Å². The van der Waals surface area contributed by atoms with E-state index in [1.54, 1.807) is 37.7 Å². The van der Waals surface area contributed by atoms with E-state index in [0.717, 1.165) is 16.0 Å². The first-order chi connectivity index (χ1) is 15.0. The second kappa shape index (κ2) is 8.91. The second-order valence-corrected chi connectivity index (χ2v) is 9.03. The molecular formula is C22H21N3O4S2. The second-order valence-electron chi connectivity index (χ2n) is 6.88. The van der Waals surface area contributed by atoms with Crippen LogP contribution in [0.2, 0.25) is 0 Å². The summed E-state index contributed by atoms with van der Waals surface area (Å²) >= 11 is 3.07. The predicted octanol–water partition coefficient (Wildman–Crippen LogP) is 3.83. The lowest BCUT2D eigenvalue weighted by molar-refractivity contribution is -0.121. The average Bonchev–Trinajstić information content (AvgIpc) is 3.40. The highest BCUT2D eigenvalue weighted by atomic mass is 32.1. The minimum atomic E-state index is -0.276. The number of hydrogen-bond acceptors (Lipinski definition) is 7. The molecule has 0 atom stereocenters. The van der Waals surface area contributed by atoms with Gasteiger partial charge < -0.3 is 14.8 Å². The molecule has 31 heavy (non-hydrogen) atoms. The minimum absolute atomic E-state index is 0.103. The van der Waals surface area contributed by atoms with Crippen molar-refractivity contribution in [2.45, 2.75) is 20.0 Å². The first kappa shape index (κ1) is 21.1. The van der Waals surface area contributed by atoms with E-state index in [9.17, 15) is 9.59 Å². The molecule has 4 rings (SSSR count). The molecule has 0 fully saturated rings. The van der Waals surface area contributed by atoms with Gasteiger partial charge in [-0.3, -0.25) is 14.2 Å². The van der Waals surface area contributed by atoms with E-state index in [1.807, 2.05) is 30.5 Å². The smallest absolute Gasteiger partial charge is 0.263 e. The number of ether oxygens (including phenoxy) is 2. The number of nitrogens with one attached hydrogen (secondary N) is 1. The fourth-order valence-electron chi connectivity index (χ4n) is 3.24. The monoisotopic (exact) mass is 455 g/mol. The van der Waals surface area contributed by atoms with E-state index in [2.05, 4.69) is 10.3 Å². The summed E-state index contributed by atoms with van der Waals surface area (Å²) in [6, 6.07) is 9.47. The summed E-state index contributed by atoms with van der Waals surface area (Å²) in [6.07, 6.45) is 1.43. The third kappa shape index (κ3) is 4.33. The van der Waals surface area contributed by atoms with Crippen LogP contribution in [0.4, 0.5) is 0 Å². The molecule has 1 N–H and O–H groups in total. The van der Waals surface area contributed by atoms with Crippen LogP contribution in [0.25, 0.3) is 20.7 Å². The van der Waals surface area contributed by atoms with Crippen LogP contribution in [0.3, 0.4) is 0 Å². The zero-order valence-electron chi connectivity index (χ0n) is 17.3. The molecule has 3 aromatic heterocycles. The SMILES string of the molecule is COc1ccc(CNC(=O)Cn2cnc3scc(-c4ccc(C)s4)c3c2=O)cc1OC. The van der Waals surface area contributed by atoms with Gasteiger partial charge in [-0.15, -0.1) is 22.7 Å². The number of carbonyl (C=O) groups is 1. The summed E-state index contributed by atoms with van der Waals surface area (Å²) < 4.78 is 11.9. The van der Waals surface area contributed by atoms with Crippen LogP contribution >= 0.6 is 22.7 Å². The molecule has 3 heterocycles.